The normalized spacial score (nSPS) is 16.2. The average Bonchev–Trinajstić information content (AvgIpc) is 1.84. The molecule has 12 heavy (non-hydrogen) atoms. The maximum Gasteiger partial charge on any atom is 0.278 e. The van der Waals surface area contributed by atoms with E-state index in [4.69, 9.17) is 0 Å². The van der Waals surface area contributed by atoms with Gasteiger partial charge in [0.25, 0.3) is 5.92 Å². The molecule has 0 rings (SSSR count). The summed E-state index contributed by atoms with van der Waals surface area (Å²) >= 11 is 0. The van der Waals surface area contributed by atoms with Crippen LogP contribution in [0.4, 0.5) is 22.0 Å². The molecule has 0 heterocycles. The van der Waals surface area contributed by atoms with Crippen LogP contribution < -0.4 is 0 Å². The second-order valence-corrected chi connectivity index (χ2v) is 2.86. The van der Waals surface area contributed by atoms with Gasteiger partial charge in [-0.05, 0) is 6.92 Å². The van der Waals surface area contributed by atoms with Crippen molar-refractivity contribution in [2.45, 2.75) is 44.7 Å². The summed E-state index contributed by atoms with van der Waals surface area (Å²) in [6, 6.07) is 0. The van der Waals surface area contributed by atoms with E-state index in [0.29, 0.717) is 6.92 Å². The van der Waals surface area contributed by atoms with Gasteiger partial charge in [0.15, 0.2) is 6.17 Å². The molecule has 0 radical (unpaired) electrons. The van der Waals surface area contributed by atoms with Gasteiger partial charge in [-0.25, -0.2) is 22.0 Å². The summed E-state index contributed by atoms with van der Waals surface area (Å²) in [7, 11) is 0. The Morgan fingerprint density at radius 2 is 1.58 bits per heavy atom. The zero-order chi connectivity index (χ0) is 9.99. The molecule has 0 aliphatic rings. The number of rotatable bonds is 4. The molecule has 0 aliphatic heterocycles. The molecule has 5 heteroatoms. The molecule has 0 aromatic carbocycles. The van der Waals surface area contributed by atoms with Gasteiger partial charge in [-0.1, -0.05) is 6.92 Å². The monoisotopic (exact) mass is 190 g/mol. The highest BCUT2D eigenvalue weighted by Gasteiger charge is 2.42. The summed E-state index contributed by atoms with van der Waals surface area (Å²) in [6.07, 6.45) is -4.94. The standard InChI is InChI=1S/C7H11F5/c1-3-7(11,12)5(8)4-6(2,9)10/h5H,3-4H2,1-2H3/t5-/m0/s1. The third-order valence-electron chi connectivity index (χ3n) is 1.47. The minimum absolute atomic E-state index is 0.422. The second-order valence-electron chi connectivity index (χ2n) is 2.86. The topological polar surface area (TPSA) is 0 Å². The lowest BCUT2D eigenvalue weighted by Crippen LogP contribution is -2.33. The van der Waals surface area contributed by atoms with E-state index in [0.717, 1.165) is 6.92 Å². The molecule has 0 amide bonds. The molecule has 0 aliphatic carbocycles. The Balaban J connectivity index is 4.13. The molecule has 0 fully saturated rings. The van der Waals surface area contributed by atoms with Crippen LogP contribution in [0.15, 0.2) is 0 Å². The number of hydrogen-bond acceptors (Lipinski definition) is 0. The predicted octanol–water partition coefficient (Wildman–Crippen LogP) is 3.42. The van der Waals surface area contributed by atoms with Gasteiger partial charge < -0.3 is 0 Å². The van der Waals surface area contributed by atoms with E-state index in [-0.39, 0.29) is 0 Å². The summed E-state index contributed by atoms with van der Waals surface area (Å²) in [4.78, 5) is 0. The quantitative estimate of drug-likeness (QED) is 0.596. The zero-order valence-corrected chi connectivity index (χ0v) is 6.88. The summed E-state index contributed by atoms with van der Waals surface area (Å²) in [5.74, 6) is -7.02. The van der Waals surface area contributed by atoms with Gasteiger partial charge in [-0.15, -0.1) is 0 Å². The van der Waals surface area contributed by atoms with E-state index >= 15 is 0 Å². The van der Waals surface area contributed by atoms with Gasteiger partial charge in [-0.3, -0.25) is 0 Å². The van der Waals surface area contributed by atoms with Gasteiger partial charge in [0.1, 0.15) is 0 Å². The third-order valence-corrected chi connectivity index (χ3v) is 1.47. The summed E-state index contributed by atoms with van der Waals surface area (Å²) in [5, 5.41) is 0. The second kappa shape index (κ2) is 3.58. The van der Waals surface area contributed by atoms with Gasteiger partial charge in [-0.2, -0.15) is 0 Å². The van der Waals surface area contributed by atoms with Crippen LogP contribution in [0.25, 0.3) is 0 Å². The van der Waals surface area contributed by atoms with Crippen LogP contribution in [0.2, 0.25) is 0 Å². The van der Waals surface area contributed by atoms with Crippen LogP contribution in [0.1, 0.15) is 26.7 Å². The Hall–Kier alpha value is -0.350. The van der Waals surface area contributed by atoms with Crippen LogP contribution >= 0.6 is 0 Å². The predicted molar refractivity (Wildman–Crippen MR) is 35.4 cm³/mol. The van der Waals surface area contributed by atoms with Gasteiger partial charge in [0.05, 0.1) is 0 Å². The number of alkyl halides is 5. The lowest BCUT2D eigenvalue weighted by molar-refractivity contribution is -0.113. The van der Waals surface area contributed by atoms with Gasteiger partial charge in [0, 0.05) is 12.8 Å². The van der Waals surface area contributed by atoms with Crippen molar-refractivity contribution in [3.63, 3.8) is 0 Å². The Labute approximate surface area is 67.8 Å². The maximum atomic E-state index is 12.4. The summed E-state index contributed by atoms with van der Waals surface area (Å²) in [5.41, 5.74) is 0. The van der Waals surface area contributed by atoms with Crippen molar-refractivity contribution in [3.8, 4) is 0 Å². The van der Waals surface area contributed by atoms with Crippen LogP contribution in [-0.4, -0.2) is 18.0 Å². The van der Waals surface area contributed by atoms with Gasteiger partial charge >= 0.3 is 0 Å². The molecular formula is C7H11F5. The minimum Gasteiger partial charge on any atom is -0.241 e. The fourth-order valence-corrected chi connectivity index (χ4v) is 0.685. The SMILES string of the molecule is CCC(F)(F)[C@@H](F)CC(C)(F)F. The smallest absolute Gasteiger partial charge is 0.241 e. The number of halogens is 5. The van der Waals surface area contributed by atoms with E-state index in [1.807, 2.05) is 0 Å². The largest absolute Gasteiger partial charge is 0.278 e. The van der Waals surface area contributed by atoms with E-state index in [2.05, 4.69) is 0 Å². The van der Waals surface area contributed by atoms with Crippen molar-refractivity contribution in [2.24, 2.45) is 0 Å². The Morgan fingerprint density at radius 3 is 1.83 bits per heavy atom. The Kier molecular flexibility index (Phi) is 3.47. The summed E-state index contributed by atoms with van der Waals surface area (Å²) in [6.45, 7) is 1.48. The molecule has 0 nitrogen and oxygen atoms in total. The van der Waals surface area contributed by atoms with E-state index in [1.165, 1.54) is 0 Å². The molecule has 74 valence electrons. The van der Waals surface area contributed by atoms with Crippen molar-refractivity contribution in [3.05, 3.63) is 0 Å². The van der Waals surface area contributed by atoms with Crippen LogP contribution in [0.5, 0.6) is 0 Å². The van der Waals surface area contributed by atoms with Gasteiger partial charge in [0.2, 0.25) is 5.92 Å². The lowest BCUT2D eigenvalue weighted by atomic mass is 10.1. The van der Waals surface area contributed by atoms with Crippen LogP contribution in [0.3, 0.4) is 0 Å². The molecule has 1 atom stereocenters. The number of hydrogen-bond donors (Lipinski definition) is 0. The molecule has 0 aromatic rings. The van der Waals surface area contributed by atoms with Crippen LogP contribution in [0, 0.1) is 0 Å². The van der Waals surface area contributed by atoms with E-state index < -0.39 is 30.9 Å². The first-order valence-electron chi connectivity index (χ1n) is 3.59. The first-order chi connectivity index (χ1) is 5.19. The van der Waals surface area contributed by atoms with Crippen molar-refractivity contribution in [2.75, 3.05) is 0 Å². The molecular weight excluding hydrogens is 179 g/mol. The molecule has 0 aromatic heterocycles. The molecule has 0 N–H and O–H groups in total. The van der Waals surface area contributed by atoms with Crippen LogP contribution in [-0.2, 0) is 0 Å². The summed E-state index contributed by atoms with van der Waals surface area (Å²) < 4.78 is 61.3. The fraction of sp³-hybridized carbons (Fsp3) is 1.00. The minimum atomic E-state index is -3.64. The Bertz CT molecular complexity index is 137. The average molecular weight is 190 g/mol. The zero-order valence-electron chi connectivity index (χ0n) is 6.88. The maximum absolute atomic E-state index is 12.4. The molecule has 0 spiro atoms. The third kappa shape index (κ3) is 3.88. The molecule has 0 bridgehead atoms. The van der Waals surface area contributed by atoms with E-state index in [1.54, 1.807) is 0 Å². The highest BCUT2D eigenvalue weighted by atomic mass is 19.3. The van der Waals surface area contributed by atoms with Crippen molar-refractivity contribution in [1.82, 2.24) is 0 Å². The van der Waals surface area contributed by atoms with Crippen molar-refractivity contribution in [1.29, 1.82) is 0 Å². The Morgan fingerprint density at radius 1 is 1.17 bits per heavy atom. The first kappa shape index (κ1) is 11.6. The molecule has 0 saturated heterocycles. The highest BCUT2D eigenvalue weighted by molar-refractivity contribution is 4.79. The van der Waals surface area contributed by atoms with Crippen molar-refractivity contribution >= 4 is 0 Å². The lowest BCUT2D eigenvalue weighted by Gasteiger charge is -2.21. The first-order valence-corrected chi connectivity index (χ1v) is 3.59. The fourth-order valence-electron chi connectivity index (χ4n) is 0.685. The van der Waals surface area contributed by atoms with E-state index in [9.17, 15) is 22.0 Å². The highest BCUT2D eigenvalue weighted by Crippen LogP contribution is 2.32. The van der Waals surface area contributed by atoms with Crippen molar-refractivity contribution < 1.29 is 22.0 Å². The molecule has 0 unspecified atom stereocenters. The molecule has 0 saturated carbocycles.